The lowest BCUT2D eigenvalue weighted by Crippen LogP contribution is -2.44. The summed E-state index contributed by atoms with van der Waals surface area (Å²) < 4.78 is 8.89. The average molecular weight is 372 g/mol. The maximum atomic E-state index is 13.0. The number of aryl methyl sites for hydroxylation is 2. The third-order valence-electron chi connectivity index (χ3n) is 5.39. The van der Waals surface area contributed by atoms with E-state index in [2.05, 4.69) is 5.10 Å². The fourth-order valence-electron chi connectivity index (χ4n) is 4.03. The first-order chi connectivity index (χ1) is 13.0. The molecule has 1 aliphatic rings. The molecule has 8 nitrogen and oxygen atoms in total. The molecule has 4 rings (SSSR count). The second-order valence-electron chi connectivity index (χ2n) is 7.22. The van der Waals surface area contributed by atoms with Crippen molar-refractivity contribution >= 4 is 27.9 Å². The van der Waals surface area contributed by atoms with Gasteiger partial charge in [0.1, 0.15) is 17.8 Å². The summed E-state index contributed by atoms with van der Waals surface area (Å²) in [7, 11) is 0. The Morgan fingerprint density at radius 1 is 1.44 bits per heavy atom. The lowest BCUT2D eigenvalue weighted by molar-refractivity contribution is -0.134. The van der Waals surface area contributed by atoms with Crippen molar-refractivity contribution in [3.63, 3.8) is 0 Å². The van der Waals surface area contributed by atoms with E-state index < -0.39 is 0 Å². The zero-order chi connectivity index (χ0) is 19.1. The molecule has 1 amide bonds. The van der Waals surface area contributed by atoms with Crippen LogP contribution in [-0.4, -0.2) is 50.0 Å². The molecule has 0 spiro atoms. The molecule has 0 saturated carbocycles. The molecule has 144 valence electrons. The minimum Gasteiger partial charge on any atom is -0.459 e. The summed E-state index contributed by atoms with van der Waals surface area (Å²) in [5, 5.41) is 14.2. The van der Waals surface area contributed by atoms with Crippen LogP contribution < -0.4 is 5.56 Å². The number of hydrogen-bond donors (Lipinski definition) is 1. The van der Waals surface area contributed by atoms with Crippen molar-refractivity contribution in [2.24, 2.45) is 5.92 Å². The van der Waals surface area contributed by atoms with Crippen LogP contribution in [0.25, 0.3) is 22.0 Å². The van der Waals surface area contributed by atoms with Crippen LogP contribution >= 0.6 is 0 Å². The van der Waals surface area contributed by atoms with E-state index in [-0.39, 0.29) is 30.5 Å². The maximum absolute atomic E-state index is 13.0. The monoisotopic (exact) mass is 372 g/mol. The molecule has 0 bridgehead atoms. The van der Waals surface area contributed by atoms with Gasteiger partial charge >= 0.3 is 0 Å². The van der Waals surface area contributed by atoms with Crippen molar-refractivity contribution in [1.29, 1.82) is 0 Å². The first-order valence-corrected chi connectivity index (χ1v) is 9.40. The number of aliphatic hydroxyl groups excluding tert-OH is 1. The number of nitrogens with zero attached hydrogens (tertiary/aromatic N) is 4. The summed E-state index contributed by atoms with van der Waals surface area (Å²) in [4.78, 5) is 27.4. The van der Waals surface area contributed by atoms with E-state index in [1.54, 1.807) is 11.1 Å². The molecular weight excluding hydrogens is 348 g/mol. The number of rotatable bonds is 4. The summed E-state index contributed by atoms with van der Waals surface area (Å²) in [6, 6.07) is 1.91. The summed E-state index contributed by atoms with van der Waals surface area (Å²) >= 11 is 0. The molecule has 1 atom stereocenters. The molecule has 1 fully saturated rings. The smallest absolute Gasteiger partial charge is 0.291 e. The van der Waals surface area contributed by atoms with Gasteiger partial charge in [-0.2, -0.15) is 5.10 Å². The zero-order valence-corrected chi connectivity index (χ0v) is 15.6. The molecular formula is C19H24N4O4. The molecule has 1 N–H and O–H groups in total. The predicted molar refractivity (Wildman–Crippen MR) is 101 cm³/mol. The molecule has 1 aliphatic heterocycles. The third-order valence-corrected chi connectivity index (χ3v) is 5.39. The quantitative estimate of drug-likeness (QED) is 0.749. The second-order valence-corrected chi connectivity index (χ2v) is 7.22. The van der Waals surface area contributed by atoms with Gasteiger partial charge in [-0.15, -0.1) is 0 Å². The number of aliphatic hydroxyl groups is 1. The Hall–Kier alpha value is -2.61. The number of hydrogen-bond acceptors (Lipinski definition) is 5. The van der Waals surface area contributed by atoms with Crippen molar-refractivity contribution in [3.05, 3.63) is 28.4 Å². The molecule has 0 aromatic carbocycles. The Morgan fingerprint density at radius 2 is 2.26 bits per heavy atom. The van der Waals surface area contributed by atoms with Crippen molar-refractivity contribution in [1.82, 2.24) is 19.2 Å². The van der Waals surface area contributed by atoms with Crippen LogP contribution in [0.1, 0.15) is 25.5 Å². The molecule has 1 saturated heterocycles. The summed E-state index contributed by atoms with van der Waals surface area (Å²) in [6.07, 6.45) is 3.40. The third kappa shape index (κ3) is 2.93. The normalized spacial score (nSPS) is 17.9. The fourth-order valence-corrected chi connectivity index (χ4v) is 4.03. The minimum absolute atomic E-state index is 0.0798. The van der Waals surface area contributed by atoms with Crippen LogP contribution in [0.15, 0.2) is 21.5 Å². The van der Waals surface area contributed by atoms with Crippen molar-refractivity contribution in [3.8, 4) is 0 Å². The molecule has 0 aliphatic carbocycles. The van der Waals surface area contributed by atoms with Crippen LogP contribution in [0.4, 0.5) is 0 Å². The van der Waals surface area contributed by atoms with Crippen LogP contribution in [0.2, 0.25) is 0 Å². The van der Waals surface area contributed by atoms with Gasteiger partial charge in [0.05, 0.1) is 17.1 Å². The molecule has 8 heteroatoms. The van der Waals surface area contributed by atoms with Gasteiger partial charge in [0, 0.05) is 32.3 Å². The van der Waals surface area contributed by atoms with Gasteiger partial charge in [-0.25, -0.2) is 4.68 Å². The average Bonchev–Trinajstić information content (AvgIpc) is 3.19. The second kappa shape index (κ2) is 6.84. The van der Waals surface area contributed by atoms with E-state index in [0.717, 1.165) is 24.1 Å². The highest BCUT2D eigenvalue weighted by Gasteiger charge is 2.25. The number of amides is 1. The Bertz CT molecular complexity index is 1060. The Labute approximate surface area is 156 Å². The Morgan fingerprint density at radius 3 is 3.00 bits per heavy atom. The number of likely N-dealkylation sites (tertiary alicyclic amines) is 1. The van der Waals surface area contributed by atoms with Gasteiger partial charge in [0.2, 0.25) is 5.91 Å². The van der Waals surface area contributed by atoms with Gasteiger partial charge in [-0.05, 0) is 32.6 Å². The number of carbonyl (C=O) groups is 1. The fraction of sp³-hybridized carbons (Fsp3) is 0.526. The Balaban J connectivity index is 1.70. The zero-order valence-electron chi connectivity index (χ0n) is 15.6. The highest BCUT2D eigenvalue weighted by molar-refractivity contribution is 6.04. The number of fused-ring (bicyclic) bond motifs is 3. The van der Waals surface area contributed by atoms with Crippen molar-refractivity contribution < 1.29 is 14.3 Å². The summed E-state index contributed by atoms with van der Waals surface area (Å²) in [5.41, 5.74) is 1.76. The first kappa shape index (κ1) is 17.8. The molecule has 4 heterocycles. The van der Waals surface area contributed by atoms with Crippen LogP contribution in [0.5, 0.6) is 0 Å². The lowest BCUT2D eigenvalue weighted by Gasteiger charge is -2.31. The van der Waals surface area contributed by atoms with E-state index in [9.17, 15) is 14.7 Å². The molecule has 1 unspecified atom stereocenters. The summed E-state index contributed by atoms with van der Waals surface area (Å²) in [5.74, 6) is 0.755. The standard InChI is InChI=1S/C19H24N4O4/c1-3-22-15-7-12(2)27-18(15)14-8-20-23(19(26)17(14)22)10-16(25)21-6-4-5-13(9-21)11-24/h7-8,13,24H,3-6,9-11H2,1-2H3. The molecule has 27 heavy (non-hydrogen) atoms. The predicted octanol–water partition coefficient (Wildman–Crippen LogP) is 1.50. The van der Waals surface area contributed by atoms with Crippen molar-refractivity contribution in [2.75, 3.05) is 19.7 Å². The van der Waals surface area contributed by atoms with Crippen LogP contribution in [0, 0.1) is 12.8 Å². The largest absolute Gasteiger partial charge is 0.459 e. The van der Waals surface area contributed by atoms with E-state index in [4.69, 9.17) is 4.42 Å². The van der Waals surface area contributed by atoms with Crippen LogP contribution in [0.3, 0.4) is 0 Å². The molecule has 3 aromatic rings. The lowest BCUT2D eigenvalue weighted by atomic mass is 9.99. The number of carbonyl (C=O) groups excluding carboxylic acids is 1. The van der Waals surface area contributed by atoms with Gasteiger partial charge in [0.15, 0.2) is 5.58 Å². The number of aromatic nitrogens is 3. The maximum Gasteiger partial charge on any atom is 0.291 e. The van der Waals surface area contributed by atoms with E-state index in [1.807, 2.05) is 24.5 Å². The molecule has 3 aromatic heterocycles. The molecule has 0 radical (unpaired) electrons. The van der Waals surface area contributed by atoms with Gasteiger partial charge in [-0.1, -0.05) is 0 Å². The van der Waals surface area contributed by atoms with Gasteiger partial charge in [-0.3, -0.25) is 9.59 Å². The number of piperidine rings is 1. The topological polar surface area (TPSA) is 93.5 Å². The highest BCUT2D eigenvalue weighted by Crippen LogP contribution is 2.29. The minimum atomic E-state index is -0.289. The van der Waals surface area contributed by atoms with Crippen LogP contribution in [-0.2, 0) is 17.9 Å². The van der Waals surface area contributed by atoms with E-state index in [0.29, 0.717) is 36.1 Å². The van der Waals surface area contributed by atoms with E-state index >= 15 is 0 Å². The van der Waals surface area contributed by atoms with Gasteiger partial charge in [0.25, 0.3) is 5.56 Å². The van der Waals surface area contributed by atoms with Crippen molar-refractivity contribution in [2.45, 2.75) is 39.8 Å². The highest BCUT2D eigenvalue weighted by atomic mass is 16.3. The summed E-state index contributed by atoms with van der Waals surface area (Å²) in [6.45, 7) is 5.64. The van der Waals surface area contributed by atoms with E-state index in [1.165, 1.54) is 4.68 Å². The first-order valence-electron chi connectivity index (χ1n) is 9.40. The van der Waals surface area contributed by atoms with Gasteiger partial charge < -0.3 is 19.0 Å². The Kier molecular flexibility index (Phi) is 4.51. The number of furan rings is 1. The SMILES string of the molecule is CCn1c2cc(C)oc2c2cnn(CC(=O)N3CCCC(CO)C3)c(=O)c21.